The molecular formula is C11H12N4O. The average Bonchev–Trinajstić information content (AvgIpc) is 2.34. The smallest absolute Gasteiger partial charge is 0.237 e. The second-order valence-corrected chi connectivity index (χ2v) is 3.58. The molecule has 1 amide bonds. The van der Waals surface area contributed by atoms with E-state index in [-0.39, 0.29) is 5.91 Å². The van der Waals surface area contributed by atoms with Crippen molar-refractivity contribution in [1.29, 1.82) is 5.26 Å². The Hall–Kier alpha value is -1.93. The zero-order chi connectivity index (χ0) is 11.4. The molecule has 1 aliphatic heterocycles. The first kappa shape index (κ1) is 10.6. The van der Waals surface area contributed by atoms with Crippen LogP contribution in [-0.4, -0.2) is 35.4 Å². The minimum absolute atomic E-state index is 0.0328. The second-order valence-electron chi connectivity index (χ2n) is 3.58. The molecule has 1 aromatic heterocycles. The summed E-state index contributed by atoms with van der Waals surface area (Å²) in [7, 11) is 0. The van der Waals surface area contributed by atoms with Crippen LogP contribution in [0.5, 0.6) is 0 Å². The minimum Gasteiger partial charge on any atom is -0.320 e. The highest BCUT2D eigenvalue weighted by molar-refractivity contribution is 5.79. The molecule has 0 radical (unpaired) electrons. The molecule has 2 heterocycles. The Balaban J connectivity index is 2.23. The fourth-order valence-corrected chi connectivity index (χ4v) is 1.76. The maximum atomic E-state index is 11.7. The number of aromatic nitrogens is 1. The molecule has 1 fully saturated rings. The van der Waals surface area contributed by atoms with Gasteiger partial charge in [-0.05, 0) is 17.7 Å². The molecule has 0 aliphatic carbocycles. The van der Waals surface area contributed by atoms with Gasteiger partial charge in [-0.15, -0.1) is 0 Å². The summed E-state index contributed by atoms with van der Waals surface area (Å²) >= 11 is 0. The summed E-state index contributed by atoms with van der Waals surface area (Å²) in [5.74, 6) is -0.0328. The fraction of sp³-hybridized carbons (Fsp3) is 0.364. The van der Waals surface area contributed by atoms with E-state index in [2.05, 4.69) is 16.4 Å². The van der Waals surface area contributed by atoms with Crippen LogP contribution in [0.4, 0.5) is 0 Å². The van der Waals surface area contributed by atoms with Crippen molar-refractivity contribution in [2.45, 2.75) is 6.04 Å². The van der Waals surface area contributed by atoms with Crippen LogP contribution in [0.25, 0.3) is 0 Å². The van der Waals surface area contributed by atoms with Crippen LogP contribution in [-0.2, 0) is 4.79 Å². The number of carbonyl (C=O) groups is 1. The lowest BCUT2D eigenvalue weighted by molar-refractivity contribution is -0.133. The number of amides is 1. The van der Waals surface area contributed by atoms with Crippen molar-refractivity contribution in [2.75, 3.05) is 19.6 Å². The third kappa shape index (κ3) is 2.02. The van der Waals surface area contributed by atoms with Gasteiger partial charge in [0.15, 0.2) is 0 Å². The minimum atomic E-state index is -0.502. The van der Waals surface area contributed by atoms with Gasteiger partial charge in [0, 0.05) is 25.5 Å². The summed E-state index contributed by atoms with van der Waals surface area (Å²) in [6, 6.07) is 5.20. The van der Waals surface area contributed by atoms with Crippen LogP contribution in [0.2, 0.25) is 0 Å². The molecule has 5 heteroatoms. The summed E-state index contributed by atoms with van der Waals surface area (Å²) in [6.07, 6.45) is 3.26. The van der Waals surface area contributed by atoms with Crippen molar-refractivity contribution >= 4 is 5.91 Å². The molecule has 0 bridgehead atoms. The Morgan fingerprint density at radius 3 is 2.88 bits per heavy atom. The number of nitrogens with zero attached hydrogens (tertiary/aromatic N) is 3. The second kappa shape index (κ2) is 4.73. The first-order valence-electron chi connectivity index (χ1n) is 5.12. The molecule has 1 N–H and O–H groups in total. The predicted octanol–water partition coefficient (Wildman–Crippen LogP) is 0.0781. The third-order valence-corrected chi connectivity index (χ3v) is 2.58. The van der Waals surface area contributed by atoms with Crippen molar-refractivity contribution in [3.8, 4) is 6.07 Å². The van der Waals surface area contributed by atoms with E-state index in [1.807, 2.05) is 0 Å². The maximum Gasteiger partial charge on any atom is 0.237 e. The Morgan fingerprint density at radius 2 is 2.25 bits per heavy atom. The molecule has 16 heavy (non-hydrogen) atoms. The van der Waals surface area contributed by atoms with E-state index in [0.717, 1.165) is 12.1 Å². The summed E-state index contributed by atoms with van der Waals surface area (Å²) in [5.41, 5.74) is 0.813. The van der Waals surface area contributed by atoms with Gasteiger partial charge in [0.1, 0.15) is 6.04 Å². The lowest BCUT2D eigenvalue weighted by Gasteiger charge is -2.31. The van der Waals surface area contributed by atoms with Gasteiger partial charge in [-0.25, -0.2) is 0 Å². The molecule has 82 valence electrons. The number of carbonyl (C=O) groups excluding carboxylic acids is 1. The predicted molar refractivity (Wildman–Crippen MR) is 57.2 cm³/mol. The highest BCUT2D eigenvalue weighted by atomic mass is 16.2. The SMILES string of the molecule is N#CC(c1ccncc1)N1CCNCC1=O. The number of pyridine rings is 1. The van der Waals surface area contributed by atoms with Gasteiger partial charge in [-0.3, -0.25) is 9.78 Å². The van der Waals surface area contributed by atoms with E-state index in [9.17, 15) is 4.79 Å². The van der Waals surface area contributed by atoms with Crippen LogP contribution in [0, 0.1) is 11.3 Å². The molecule has 1 unspecified atom stereocenters. The quantitative estimate of drug-likeness (QED) is 0.760. The summed E-state index contributed by atoms with van der Waals surface area (Å²) in [6.45, 7) is 1.61. The Kier molecular flexibility index (Phi) is 3.13. The molecule has 2 rings (SSSR count). The van der Waals surface area contributed by atoms with E-state index >= 15 is 0 Å². The Bertz CT molecular complexity index is 412. The van der Waals surface area contributed by atoms with Crippen molar-refractivity contribution in [1.82, 2.24) is 15.2 Å². The first-order valence-corrected chi connectivity index (χ1v) is 5.12. The lowest BCUT2D eigenvalue weighted by atomic mass is 10.1. The number of piperazine rings is 1. The maximum absolute atomic E-state index is 11.7. The summed E-state index contributed by atoms with van der Waals surface area (Å²) in [5, 5.41) is 12.1. The first-order chi connectivity index (χ1) is 7.83. The van der Waals surface area contributed by atoms with Crippen LogP contribution in [0.3, 0.4) is 0 Å². The molecule has 1 aromatic rings. The van der Waals surface area contributed by atoms with Gasteiger partial charge in [-0.2, -0.15) is 5.26 Å². The topological polar surface area (TPSA) is 69.0 Å². The van der Waals surface area contributed by atoms with Gasteiger partial charge in [0.2, 0.25) is 5.91 Å². The van der Waals surface area contributed by atoms with E-state index in [0.29, 0.717) is 13.1 Å². The Labute approximate surface area is 93.7 Å². The molecule has 5 nitrogen and oxygen atoms in total. The number of hydrogen-bond donors (Lipinski definition) is 1. The van der Waals surface area contributed by atoms with Crippen molar-refractivity contribution in [2.24, 2.45) is 0 Å². The van der Waals surface area contributed by atoms with E-state index < -0.39 is 6.04 Å². The number of nitrogens with one attached hydrogen (secondary N) is 1. The molecule has 0 aromatic carbocycles. The van der Waals surface area contributed by atoms with Gasteiger partial charge in [-0.1, -0.05) is 0 Å². The van der Waals surface area contributed by atoms with E-state index in [1.165, 1.54) is 0 Å². The number of hydrogen-bond acceptors (Lipinski definition) is 4. The van der Waals surface area contributed by atoms with Crippen LogP contribution in [0.15, 0.2) is 24.5 Å². The third-order valence-electron chi connectivity index (χ3n) is 2.58. The zero-order valence-electron chi connectivity index (χ0n) is 8.76. The van der Waals surface area contributed by atoms with E-state index in [1.54, 1.807) is 29.4 Å². The van der Waals surface area contributed by atoms with E-state index in [4.69, 9.17) is 5.26 Å². The fourth-order valence-electron chi connectivity index (χ4n) is 1.76. The molecule has 1 aliphatic rings. The van der Waals surface area contributed by atoms with Crippen LogP contribution < -0.4 is 5.32 Å². The average molecular weight is 216 g/mol. The zero-order valence-corrected chi connectivity index (χ0v) is 8.76. The summed E-state index contributed by atoms with van der Waals surface area (Å²) < 4.78 is 0. The molecule has 0 spiro atoms. The van der Waals surface area contributed by atoms with Crippen molar-refractivity contribution in [3.63, 3.8) is 0 Å². The van der Waals surface area contributed by atoms with Crippen LogP contribution >= 0.6 is 0 Å². The number of rotatable bonds is 2. The van der Waals surface area contributed by atoms with Gasteiger partial charge in [0.25, 0.3) is 0 Å². The highest BCUT2D eigenvalue weighted by Crippen LogP contribution is 2.19. The standard InChI is InChI=1S/C11H12N4O/c12-7-10(9-1-3-13-4-2-9)15-6-5-14-8-11(15)16/h1-4,10,14H,5-6,8H2. The largest absolute Gasteiger partial charge is 0.320 e. The normalized spacial score (nSPS) is 17.9. The molecule has 1 atom stereocenters. The van der Waals surface area contributed by atoms with Gasteiger partial charge >= 0.3 is 0 Å². The highest BCUT2D eigenvalue weighted by Gasteiger charge is 2.26. The Morgan fingerprint density at radius 1 is 1.50 bits per heavy atom. The molecule has 1 saturated heterocycles. The lowest BCUT2D eigenvalue weighted by Crippen LogP contribution is -2.49. The van der Waals surface area contributed by atoms with Crippen molar-refractivity contribution in [3.05, 3.63) is 30.1 Å². The number of nitriles is 1. The summed E-state index contributed by atoms with van der Waals surface area (Å²) in [4.78, 5) is 17.2. The van der Waals surface area contributed by atoms with Gasteiger partial charge < -0.3 is 10.2 Å². The monoisotopic (exact) mass is 216 g/mol. The van der Waals surface area contributed by atoms with Crippen LogP contribution in [0.1, 0.15) is 11.6 Å². The molecule has 0 saturated carbocycles. The van der Waals surface area contributed by atoms with Crippen molar-refractivity contribution < 1.29 is 4.79 Å². The molecular weight excluding hydrogens is 204 g/mol. The van der Waals surface area contributed by atoms with Gasteiger partial charge in [0.05, 0.1) is 12.6 Å².